The van der Waals surface area contributed by atoms with E-state index in [2.05, 4.69) is 10.2 Å². The Bertz CT molecular complexity index is 516. The molecule has 0 bridgehead atoms. The Morgan fingerprint density at radius 2 is 1.94 bits per heavy atom. The zero-order valence-corrected chi connectivity index (χ0v) is 11.0. The SMILES string of the molecule is COc1ccc(Cc2nnc(Cl)s2)cc1OC. The highest BCUT2D eigenvalue weighted by molar-refractivity contribution is 7.15. The average molecular weight is 271 g/mol. The molecule has 1 aromatic carbocycles. The van der Waals surface area contributed by atoms with Crippen LogP contribution in [0.4, 0.5) is 0 Å². The number of benzene rings is 1. The van der Waals surface area contributed by atoms with Crippen molar-refractivity contribution in [3.05, 3.63) is 33.2 Å². The maximum atomic E-state index is 5.73. The van der Waals surface area contributed by atoms with E-state index in [4.69, 9.17) is 21.1 Å². The molecule has 0 saturated carbocycles. The normalized spacial score (nSPS) is 10.3. The number of methoxy groups -OCH3 is 2. The van der Waals surface area contributed by atoms with E-state index in [0.29, 0.717) is 22.4 Å². The van der Waals surface area contributed by atoms with Crippen LogP contribution in [0.3, 0.4) is 0 Å². The molecule has 90 valence electrons. The predicted octanol–water partition coefficient (Wildman–Crippen LogP) is 2.80. The van der Waals surface area contributed by atoms with E-state index in [1.54, 1.807) is 14.2 Å². The van der Waals surface area contributed by atoms with Gasteiger partial charge in [0.15, 0.2) is 11.5 Å². The van der Waals surface area contributed by atoms with E-state index in [0.717, 1.165) is 10.6 Å². The Morgan fingerprint density at radius 3 is 2.53 bits per heavy atom. The number of rotatable bonds is 4. The number of nitrogens with zero attached hydrogens (tertiary/aromatic N) is 2. The molecule has 4 nitrogen and oxygen atoms in total. The molecule has 0 atom stereocenters. The minimum atomic E-state index is 0.459. The molecule has 1 heterocycles. The topological polar surface area (TPSA) is 44.2 Å². The van der Waals surface area contributed by atoms with E-state index in [9.17, 15) is 0 Å². The first kappa shape index (κ1) is 12.1. The van der Waals surface area contributed by atoms with Crippen LogP contribution in [-0.4, -0.2) is 24.4 Å². The molecule has 0 aliphatic rings. The second kappa shape index (κ2) is 5.33. The number of aromatic nitrogens is 2. The van der Waals surface area contributed by atoms with Gasteiger partial charge in [0, 0.05) is 6.42 Å². The van der Waals surface area contributed by atoms with Crippen molar-refractivity contribution in [1.82, 2.24) is 10.2 Å². The molecular weight excluding hydrogens is 260 g/mol. The van der Waals surface area contributed by atoms with Crippen molar-refractivity contribution in [3.8, 4) is 11.5 Å². The molecular formula is C11H11ClN2O2S. The molecule has 0 amide bonds. The van der Waals surface area contributed by atoms with Gasteiger partial charge in [0.2, 0.25) is 4.47 Å². The summed E-state index contributed by atoms with van der Waals surface area (Å²) in [5.74, 6) is 1.42. The summed E-state index contributed by atoms with van der Waals surface area (Å²) in [5, 5.41) is 8.62. The fourth-order valence-electron chi connectivity index (χ4n) is 1.47. The van der Waals surface area contributed by atoms with Gasteiger partial charge >= 0.3 is 0 Å². The summed E-state index contributed by atoms with van der Waals surface area (Å²) in [6, 6.07) is 5.77. The summed E-state index contributed by atoms with van der Waals surface area (Å²) in [6.07, 6.45) is 0.685. The highest BCUT2D eigenvalue weighted by Crippen LogP contribution is 2.29. The number of hydrogen-bond donors (Lipinski definition) is 0. The number of ether oxygens (including phenoxy) is 2. The van der Waals surface area contributed by atoms with Gasteiger partial charge in [0.25, 0.3) is 0 Å². The molecule has 0 radical (unpaired) electrons. The summed E-state index contributed by atoms with van der Waals surface area (Å²) >= 11 is 7.11. The molecule has 6 heteroatoms. The number of hydrogen-bond acceptors (Lipinski definition) is 5. The van der Waals surface area contributed by atoms with Crippen LogP contribution in [0, 0.1) is 0 Å². The van der Waals surface area contributed by atoms with E-state index < -0.39 is 0 Å². The molecule has 17 heavy (non-hydrogen) atoms. The zero-order chi connectivity index (χ0) is 12.3. The average Bonchev–Trinajstić information content (AvgIpc) is 2.74. The van der Waals surface area contributed by atoms with Gasteiger partial charge < -0.3 is 9.47 Å². The van der Waals surface area contributed by atoms with Crippen LogP contribution in [0.15, 0.2) is 18.2 Å². The van der Waals surface area contributed by atoms with Crippen molar-refractivity contribution in [1.29, 1.82) is 0 Å². The first-order valence-electron chi connectivity index (χ1n) is 4.91. The van der Waals surface area contributed by atoms with Crippen molar-refractivity contribution < 1.29 is 9.47 Å². The molecule has 0 fully saturated rings. The molecule has 0 N–H and O–H groups in total. The lowest BCUT2D eigenvalue weighted by Gasteiger charge is -2.08. The lowest BCUT2D eigenvalue weighted by Crippen LogP contribution is -1.93. The third kappa shape index (κ3) is 2.87. The molecule has 0 spiro atoms. The van der Waals surface area contributed by atoms with Gasteiger partial charge in [-0.1, -0.05) is 17.4 Å². The van der Waals surface area contributed by atoms with Crippen LogP contribution in [0.25, 0.3) is 0 Å². The fraction of sp³-hybridized carbons (Fsp3) is 0.273. The Hall–Kier alpha value is -1.33. The third-order valence-electron chi connectivity index (χ3n) is 2.25. The summed E-state index contributed by atoms with van der Waals surface area (Å²) in [5.41, 5.74) is 1.08. The molecule has 0 aliphatic heterocycles. The smallest absolute Gasteiger partial charge is 0.207 e. The van der Waals surface area contributed by atoms with Crippen molar-refractivity contribution >= 4 is 22.9 Å². The summed E-state index contributed by atoms with van der Waals surface area (Å²) in [6.45, 7) is 0. The third-order valence-corrected chi connectivity index (χ3v) is 3.26. The predicted molar refractivity (Wildman–Crippen MR) is 67.3 cm³/mol. The first-order chi connectivity index (χ1) is 8.22. The van der Waals surface area contributed by atoms with Gasteiger partial charge in [0.1, 0.15) is 5.01 Å². The van der Waals surface area contributed by atoms with Gasteiger partial charge in [-0.15, -0.1) is 10.2 Å². The van der Waals surface area contributed by atoms with Gasteiger partial charge in [-0.05, 0) is 29.3 Å². The Kier molecular flexibility index (Phi) is 3.81. The van der Waals surface area contributed by atoms with E-state index in [1.165, 1.54) is 11.3 Å². The zero-order valence-electron chi connectivity index (χ0n) is 9.44. The minimum Gasteiger partial charge on any atom is -0.493 e. The summed E-state index contributed by atoms with van der Waals surface area (Å²) in [7, 11) is 3.23. The quantitative estimate of drug-likeness (QED) is 0.857. The standard InChI is InChI=1S/C11H11ClN2O2S/c1-15-8-4-3-7(5-9(8)16-2)6-10-13-14-11(12)17-10/h3-5H,6H2,1-2H3. The second-order valence-corrected chi connectivity index (χ2v) is 4.96. The van der Waals surface area contributed by atoms with E-state index in [-0.39, 0.29) is 0 Å². The molecule has 2 rings (SSSR count). The summed E-state index contributed by atoms with van der Waals surface area (Å²) < 4.78 is 10.9. The van der Waals surface area contributed by atoms with Crippen LogP contribution in [-0.2, 0) is 6.42 Å². The molecule has 0 saturated heterocycles. The monoisotopic (exact) mass is 270 g/mol. The first-order valence-corrected chi connectivity index (χ1v) is 6.11. The lowest BCUT2D eigenvalue weighted by molar-refractivity contribution is 0.354. The minimum absolute atomic E-state index is 0.459. The van der Waals surface area contributed by atoms with Crippen LogP contribution >= 0.6 is 22.9 Å². The van der Waals surface area contributed by atoms with Gasteiger partial charge in [0.05, 0.1) is 14.2 Å². The summed E-state index contributed by atoms with van der Waals surface area (Å²) in [4.78, 5) is 0. The van der Waals surface area contributed by atoms with Gasteiger partial charge in [-0.2, -0.15) is 0 Å². The second-order valence-electron chi connectivity index (χ2n) is 3.31. The Labute approximate surface area is 108 Å². The Morgan fingerprint density at radius 1 is 1.18 bits per heavy atom. The van der Waals surface area contributed by atoms with Crippen LogP contribution in [0.5, 0.6) is 11.5 Å². The van der Waals surface area contributed by atoms with Crippen molar-refractivity contribution in [2.24, 2.45) is 0 Å². The van der Waals surface area contributed by atoms with Crippen LogP contribution < -0.4 is 9.47 Å². The van der Waals surface area contributed by atoms with E-state index >= 15 is 0 Å². The molecule has 1 aromatic heterocycles. The van der Waals surface area contributed by atoms with Crippen molar-refractivity contribution in [2.45, 2.75) is 6.42 Å². The van der Waals surface area contributed by atoms with Crippen molar-refractivity contribution in [2.75, 3.05) is 14.2 Å². The highest BCUT2D eigenvalue weighted by atomic mass is 35.5. The fourth-order valence-corrected chi connectivity index (χ4v) is 2.37. The van der Waals surface area contributed by atoms with Crippen LogP contribution in [0.1, 0.15) is 10.6 Å². The molecule has 0 aliphatic carbocycles. The maximum absolute atomic E-state index is 5.73. The van der Waals surface area contributed by atoms with Crippen LogP contribution in [0.2, 0.25) is 4.47 Å². The highest BCUT2D eigenvalue weighted by Gasteiger charge is 2.07. The van der Waals surface area contributed by atoms with Gasteiger partial charge in [-0.25, -0.2) is 0 Å². The van der Waals surface area contributed by atoms with Gasteiger partial charge in [-0.3, -0.25) is 0 Å². The van der Waals surface area contributed by atoms with Crippen molar-refractivity contribution in [3.63, 3.8) is 0 Å². The lowest BCUT2D eigenvalue weighted by atomic mass is 10.1. The number of halogens is 1. The molecule has 0 unspecified atom stereocenters. The maximum Gasteiger partial charge on any atom is 0.207 e. The largest absolute Gasteiger partial charge is 0.493 e. The Balaban J connectivity index is 2.22. The van der Waals surface area contributed by atoms with E-state index in [1.807, 2.05) is 18.2 Å². The molecule has 2 aromatic rings.